The molecular formula is C25H30ClFN2O3. The predicted molar refractivity (Wildman–Crippen MR) is 123 cm³/mol. The molecule has 0 spiro atoms. The molecule has 5 nitrogen and oxygen atoms in total. The lowest BCUT2D eigenvalue weighted by Crippen LogP contribution is -2.52. The molecule has 0 saturated heterocycles. The Morgan fingerprint density at radius 3 is 2.47 bits per heavy atom. The van der Waals surface area contributed by atoms with Crippen LogP contribution in [-0.4, -0.2) is 35.4 Å². The van der Waals surface area contributed by atoms with Gasteiger partial charge in [-0.15, -0.1) is 0 Å². The van der Waals surface area contributed by atoms with Crippen LogP contribution in [0.4, 0.5) is 4.39 Å². The molecule has 0 aromatic heterocycles. The first-order valence-electron chi connectivity index (χ1n) is 11.2. The van der Waals surface area contributed by atoms with Gasteiger partial charge in [-0.05, 0) is 55.2 Å². The average Bonchev–Trinajstić information content (AvgIpc) is 2.80. The van der Waals surface area contributed by atoms with E-state index in [1.807, 2.05) is 25.1 Å². The van der Waals surface area contributed by atoms with E-state index in [-0.39, 0.29) is 36.8 Å². The van der Waals surface area contributed by atoms with Gasteiger partial charge in [0.25, 0.3) is 5.91 Å². The van der Waals surface area contributed by atoms with E-state index >= 15 is 0 Å². The van der Waals surface area contributed by atoms with E-state index < -0.39 is 6.04 Å². The Kier molecular flexibility index (Phi) is 8.91. The lowest BCUT2D eigenvalue weighted by molar-refractivity contribution is -0.143. The highest BCUT2D eigenvalue weighted by Crippen LogP contribution is 2.22. The molecule has 1 aliphatic rings. The summed E-state index contributed by atoms with van der Waals surface area (Å²) in [5.41, 5.74) is 0.758. The number of hydrogen-bond acceptors (Lipinski definition) is 3. The zero-order valence-electron chi connectivity index (χ0n) is 18.4. The van der Waals surface area contributed by atoms with Crippen molar-refractivity contribution in [3.8, 4) is 5.75 Å². The molecule has 0 heterocycles. The van der Waals surface area contributed by atoms with Gasteiger partial charge >= 0.3 is 0 Å². The van der Waals surface area contributed by atoms with Crippen LogP contribution in [0.3, 0.4) is 0 Å². The van der Waals surface area contributed by atoms with Crippen LogP contribution >= 0.6 is 11.6 Å². The largest absolute Gasteiger partial charge is 0.484 e. The standard InChI is InChI=1S/C25H30ClFN2O3/c1-2-23(25(31)28-20-9-4-3-5-10-20)29(16-18-8-6-7-11-22(18)26)24(30)17-32-21-14-12-19(27)13-15-21/h6-8,11-15,20,23H,2-5,9-10,16-17H2,1H3,(H,28,31). The number of ether oxygens (including phenoxy) is 1. The molecule has 0 aliphatic heterocycles. The van der Waals surface area contributed by atoms with Gasteiger partial charge in [-0.3, -0.25) is 9.59 Å². The third-order valence-electron chi connectivity index (χ3n) is 5.81. The average molecular weight is 461 g/mol. The minimum Gasteiger partial charge on any atom is -0.484 e. The number of carbonyl (C=O) groups excluding carboxylic acids is 2. The lowest BCUT2D eigenvalue weighted by Gasteiger charge is -2.33. The van der Waals surface area contributed by atoms with Crippen molar-refractivity contribution < 1.29 is 18.7 Å². The van der Waals surface area contributed by atoms with Crippen LogP contribution in [0.15, 0.2) is 48.5 Å². The number of carbonyl (C=O) groups is 2. The Morgan fingerprint density at radius 2 is 1.81 bits per heavy atom. The molecule has 2 aromatic rings. The second kappa shape index (κ2) is 11.9. The fraction of sp³-hybridized carbons (Fsp3) is 0.440. The summed E-state index contributed by atoms with van der Waals surface area (Å²) in [5, 5.41) is 3.67. The summed E-state index contributed by atoms with van der Waals surface area (Å²) in [6.45, 7) is 1.82. The van der Waals surface area contributed by atoms with Crippen LogP contribution < -0.4 is 10.1 Å². The summed E-state index contributed by atoms with van der Waals surface area (Å²) in [4.78, 5) is 27.9. The van der Waals surface area contributed by atoms with E-state index in [9.17, 15) is 14.0 Å². The van der Waals surface area contributed by atoms with Crippen molar-refractivity contribution in [3.63, 3.8) is 0 Å². The molecule has 7 heteroatoms. The molecule has 1 aliphatic carbocycles. The summed E-state index contributed by atoms with van der Waals surface area (Å²) in [5.74, 6) is -0.479. The summed E-state index contributed by atoms with van der Waals surface area (Å²) >= 11 is 6.34. The van der Waals surface area contributed by atoms with Gasteiger partial charge in [-0.2, -0.15) is 0 Å². The number of amides is 2. The highest BCUT2D eigenvalue weighted by Gasteiger charge is 2.31. The van der Waals surface area contributed by atoms with Crippen LogP contribution in [0.2, 0.25) is 5.02 Å². The van der Waals surface area contributed by atoms with Gasteiger partial charge in [0, 0.05) is 17.6 Å². The van der Waals surface area contributed by atoms with E-state index in [0.717, 1.165) is 31.2 Å². The van der Waals surface area contributed by atoms with Crippen molar-refractivity contribution >= 4 is 23.4 Å². The van der Waals surface area contributed by atoms with E-state index in [0.29, 0.717) is 17.2 Å². The molecule has 0 bridgehead atoms. The van der Waals surface area contributed by atoms with Crippen LogP contribution in [0, 0.1) is 5.82 Å². The molecule has 32 heavy (non-hydrogen) atoms. The molecule has 1 atom stereocenters. The molecule has 172 valence electrons. The maximum Gasteiger partial charge on any atom is 0.261 e. The first kappa shape index (κ1) is 24.1. The summed E-state index contributed by atoms with van der Waals surface area (Å²) in [7, 11) is 0. The third-order valence-corrected chi connectivity index (χ3v) is 6.18. The molecule has 2 aromatic carbocycles. The highest BCUT2D eigenvalue weighted by atomic mass is 35.5. The van der Waals surface area contributed by atoms with Crippen molar-refractivity contribution in [2.75, 3.05) is 6.61 Å². The minimum absolute atomic E-state index is 0.151. The first-order chi connectivity index (χ1) is 15.5. The molecular weight excluding hydrogens is 431 g/mol. The normalized spacial score (nSPS) is 15.1. The molecule has 3 rings (SSSR count). The molecule has 0 radical (unpaired) electrons. The van der Waals surface area contributed by atoms with Gasteiger partial charge in [-0.25, -0.2) is 4.39 Å². The fourth-order valence-corrected chi connectivity index (χ4v) is 4.23. The Labute approximate surface area is 193 Å². The number of nitrogens with zero attached hydrogens (tertiary/aromatic N) is 1. The zero-order chi connectivity index (χ0) is 22.9. The van der Waals surface area contributed by atoms with E-state index in [1.165, 1.54) is 35.6 Å². The van der Waals surface area contributed by atoms with Gasteiger partial charge in [0.05, 0.1) is 0 Å². The minimum atomic E-state index is -0.641. The lowest BCUT2D eigenvalue weighted by atomic mass is 9.95. The molecule has 1 N–H and O–H groups in total. The second-order valence-corrected chi connectivity index (χ2v) is 8.53. The van der Waals surface area contributed by atoms with Crippen LogP contribution in [0.1, 0.15) is 51.0 Å². The van der Waals surface area contributed by atoms with Gasteiger partial charge in [0.2, 0.25) is 5.91 Å². The van der Waals surface area contributed by atoms with Crippen molar-refractivity contribution in [2.45, 2.75) is 64.1 Å². The van der Waals surface area contributed by atoms with Crippen molar-refractivity contribution in [1.29, 1.82) is 0 Å². The van der Waals surface area contributed by atoms with Crippen molar-refractivity contribution in [3.05, 3.63) is 64.9 Å². The zero-order valence-corrected chi connectivity index (χ0v) is 19.1. The molecule has 2 amide bonds. The van der Waals surface area contributed by atoms with Crippen molar-refractivity contribution in [2.24, 2.45) is 0 Å². The topological polar surface area (TPSA) is 58.6 Å². The SMILES string of the molecule is CCC(C(=O)NC1CCCCC1)N(Cc1ccccc1Cl)C(=O)COc1ccc(F)cc1. The van der Waals surface area contributed by atoms with E-state index in [4.69, 9.17) is 16.3 Å². The Hall–Kier alpha value is -2.60. The maximum atomic E-state index is 13.2. The monoisotopic (exact) mass is 460 g/mol. The number of hydrogen-bond donors (Lipinski definition) is 1. The van der Waals surface area contributed by atoms with Gasteiger partial charge in [-0.1, -0.05) is 56.0 Å². The van der Waals surface area contributed by atoms with Gasteiger partial charge in [0.1, 0.15) is 17.6 Å². The number of halogens is 2. The molecule has 1 unspecified atom stereocenters. The van der Waals surface area contributed by atoms with Gasteiger partial charge in [0.15, 0.2) is 6.61 Å². The quantitative estimate of drug-likeness (QED) is 0.565. The Morgan fingerprint density at radius 1 is 1.12 bits per heavy atom. The number of rotatable bonds is 9. The number of benzene rings is 2. The summed E-state index contributed by atoms with van der Waals surface area (Å²) < 4.78 is 18.7. The fourth-order valence-electron chi connectivity index (χ4n) is 4.03. The van der Waals surface area contributed by atoms with Gasteiger partial charge < -0.3 is 15.0 Å². The first-order valence-corrected chi connectivity index (χ1v) is 11.6. The number of nitrogens with one attached hydrogen (secondary N) is 1. The highest BCUT2D eigenvalue weighted by molar-refractivity contribution is 6.31. The predicted octanol–water partition coefficient (Wildman–Crippen LogP) is 5.11. The summed E-state index contributed by atoms with van der Waals surface area (Å²) in [6.07, 6.45) is 5.81. The Balaban J connectivity index is 1.75. The Bertz CT molecular complexity index is 900. The maximum absolute atomic E-state index is 13.2. The van der Waals surface area contributed by atoms with Crippen LogP contribution in [-0.2, 0) is 16.1 Å². The summed E-state index contributed by atoms with van der Waals surface area (Å²) in [6, 6.07) is 12.3. The molecule has 1 fully saturated rings. The third kappa shape index (κ3) is 6.70. The van der Waals surface area contributed by atoms with Crippen molar-refractivity contribution in [1.82, 2.24) is 10.2 Å². The van der Waals surface area contributed by atoms with E-state index in [1.54, 1.807) is 6.07 Å². The second-order valence-electron chi connectivity index (χ2n) is 8.12. The van der Waals surface area contributed by atoms with E-state index in [2.05, 4.69) is 5.32 Å². The van der Waals surface area contributed by atoms with Crippen LogP contribution in [0.25, 0.3) is 0 Å². The van der Waals surface area contributed by atoms with Crippen LogP contribution in [0.5, 0.6) is 5.75 Å². The molecule has 1 saturated carbocycles. The smallest absolute Gasteiger partial charge is 0.261 e.